The van der Waals surface area contributed by atoms with Crippen molar-refractivity contribution in [3.05, 3.63) is 0 Å². The van der Waals surface area contributed by atoms with Crippen molar-refractivity contribution in [1.29, 1.82) is 0 Å². The van der Waals surface area contributed by atoms with Crippen LogP contribution in [0.1, 0.15) is 51.4 Å². The van der Waals surface area contributed by atoms with Gasteiger partial charge >= 0.3 is 0 Å². The SMILES string of the molecule is C1CSC2(CCC[C@@]34CCC[C@@H]3C[C@@H]24)SC1. The first kappa shape index (κ1) is 10.6. The normalized spacial score (nSPS) is 49.5. The molecule has 0 amide bonds. The summed E-state index contributed by atoms with van der Waals surface area (Å²) in [5.74, 6) is 5.16. The molecule has 3 saturated carbocycles. The van der Waals surface area contributed by atoms with Crippen LogP contribution >= 0.6 is 23.5 Å². The Morgan fingerprint density at radius 2 is 1.69 bits per heavy atom. The Bertz CT molecular complexity index is 290. The number of hydrogen-bond donors (Lipinski definition) is 0. The number of thioether (sulfide) groups is 2. The van der Waals surface area contributed by atoms with Gasteiger partial charge in [-0.15, -0.1) is 23.5 Å². The van der Waals surface area contributed by atoms with Crippen LogP contribution in [0.2, 0.25) is 0 Å². The molecular formula is C14H22S2. The summed E-state index contributed by atoms with van der Waals surface area (Å²) in [5, 5.41) is 0. The van der Waals surface area contributed by atoms with Crippen LogP contribution in [0, 0.1) is 17.3 Å². The topological polar surface area (TPSA) is 0 Å². The van der Waals surface area contributed by atoms with Crippen LogP contribution in [0.15, 0.2) is 0 Å². The summed E-state index contributed by atoms with van der Waals surface area (Å²) in [6.07, 6.45) is 12.4. The quantitative estimate of drug-likeness (QED) is 0.622. The summed E-state index contributed by atoms with van der Waals surface area (Å²) in [6, 6.07) is 0. The van der Waals surface area contributed by atoms with Crippen molar-refractivity contribution < 1.29 is 0 Å². The first-order chi connectivity index (χ1) is 7.86. The van der Waals surface area contributed by atoms with Crippen LogP contribution in [0.5, 0.6) is 0 Å². The smallest absolute Gasteiger partial charge is 0.0644 e. The number of rotatable bonds is 0. The summed E-state index contributed by atoms with van der Waals surface area (Å²) < 4.78 is 0.692. The summed E-state index contributed by atoms with van der Waals surface area (Å²) in [6.45, 7) is 0. The van der Waals surface area contributed by atoms with Crippen LogP contribution in [0.4, 0.5) is 0 Å². The first-order valence-electron chi connectivity index (χ1n) is 7.14. The van der Waals surface area contributed by atoms with Gasteiger partial charge in [-0.25, -0.2) is 0 Å². The van der Waals surface area contributed by atoms with Gasteiger partial charge in [0.25, 0.3) is 0 Å². The van der Waals surface area contributed by atoms with Gasteiger partial charge in [0.1, 0.15) is 0 Å². The Hall–Kier alpha value is 0.700. The average molecular weight is 254 g/mol. The van der Waals surface area contributed by atoms with E-state index in [9.17, 15) is 0 Å². The molecule has 0 nitrogen and oxygen atoms in total. The fourth-order valence-corrected chi connectivity index (χ4v) is 9.16. The maximum absolute atomic E-state index is 2.36. The summed E-state index contributed by atoms with van der Waals surface area (Å²) in [7, 11) is 0. The van der Waals surface area contributed by atoms with E-state index in [2.05, 4.69) is 23.5 Å². The van der Waals surface area contributed by atoms with E-state index in [0.29, 0.717) is 4.08 Å². The molecule has 1 aliphatic heterocycles. The van der Waals surface area contributed by atoms with Crippen molar-refractivity contribution in [2.24, 2.45) is 17.3 Å². The Labute approximate surface area is 108 Å². The minimum atomic E-state index is 0.692. The molecule has 0 radical (unpaired) electrons. The highest BCUT2D eigenvalue weighted by Crippen LogP contribution is 2.74. The standard InChI is InChI=1S/C14H22S2/c1-4-11-10-12-13(11,5-1)6-2-7-14(12)15-8-3-9-16-14/h11-12H,1-10H2/t11-,12-,13+/m1/s1. The molecule has 4 rings (SSSR count). The predicted octanol–water partition coefficient (Wildman–Crippen LogP) is 4.54. The molecular weight excluding hydrogens is 232 g/mol. The van der Waals surface area contributed by atoms with Gasteiger partial charge < -0.3 is 0 Å². The fourth-order valence-electron chi connectivity index (χ4n) is 5.23. The Morgan fingerprint density at radius 1 is 0.875 bits per heavy atom. The van der Waals surface area contributed by atoms with Crippen molar-refractivity contribution in [1.82, 2.24) is 0 Å². The Balaban J connectivity index is 1.65. The molecule has 0 aromatic carbocycles. The molecule has 2 spiro atoms. The third kappa shape index (κ3) is 1.21. The van der Waals surface area contributed by atoms with E-state index in [-0.39, 0.29) is 0 Å². The lowest BCUT2D eigenvalue weighted by Crippen LogP contribution is -2.58. The molecule has 0 aromatic rings. The lowest BCUT2D eigenvalue weighted by Gasteiger charge is -2.64. The summed E-state index contributed by atoms with van der Waals surface area (Å²) >= 11 is 4.71. The highest BCUT2D eigenvalue weighted by Gasteiger charge is 2.65. The molecule has 3 aliphatic carbocycles. The molecule has 4 aliphatic rings. The summed E-state index contributed by atoms with van der Waals surface area (Å²) in [4.78, 5) is 0. The Morgan fingerprint density at radius 3 is 2.50 bits per heavy atom. The van der Waals surface area contributed by atoms with E-state index < -0.39 is 0 Å². The molecule has 2 heteroatoms. The fraction of sp³-hybridized carbons (Fsp3) is 1.00. The van der Waals surface area contributed by atoms with Gasteiger partial charge in [0.05, 0.1) is 4.08 Å². The van der Waals surface area contributed by atoms with Crippen molar-refractivity contribution in [2.45, 2.75) is 55.4 Å². The second-order valence-electron chi connectivity index (χ2n) is 6.33. The van der Waals surface area contributed by atoms with E-state index in [0.717, 1.165) is 17.3 Å². The molecule has 3 atom stereocenters. The van der Waals surface area contributed by atoms with Gasteiger partial charge in [-0.05, 0) is 67.3 Å². The molecule has 16 heavy (non-hydrogen) atoms. The van der Waals surface area contributed by atoms with Gasteiger partial charge in [-0.3, -0.25) is 0 Å². The molecule has 90 valence electrons. The van der Waals surface area contributed by atoms with E-state index in [4.69, 9.17) is 0 Å². The van der Waals surface area contributed by atoms with Crippen LogP contribution in [0.25, 0.3) is 0 Å². The maximum atomic E-state index is 2.36. The molecule has 0 bridgehead atoms. The third-order valence-electron chi connectivity index (χ3n) is 5.90. The van der Waals surface area contributed by atoms with Crippen molar-refractivity contribution in [3.63, 3.8) is 0 Å². The zero-order chi connectivity index (χ0) is 10.6. The van der Waals surface area contributed by atoms with Gasteiger partial charge in [-0.1, -0.05) is 12.8 Å². The van der Waals surface area contributed by atoms with Gasteiger partial charge in [0.2, 0.25) is 0 Å². The van der Waals surface area contributed by atoms with Gasteiger partial charge in [-0.2, -0.15) is 0 Å². The predicted molar refractivity (Wildman–Crippen MR) is 74.0 cm³/mol. The van der Waals surface area contributed by atoms with E-state index in [1.807, 2.05) is 0 Å². The van der Waals surface area contributed by atoms with Crippen molar-refractivity contribution in [3.8, 4) is 0 Å². The first-order valence-corrected chi connectivity index (χ1v) is 9.11. The van der Waals surface area contributed by atoms with Crippen molar-refractivity contribution in [2.75, 3.05) is 11.5 Å². The van der Waals surface area contributed by atoms with E-state index in [1.54, 1.807) is 32.1 Å². The van der Waals surface area contributed by atoms with E-state index in [1.165, 1.54) is 30.8 Å². The third-order valence-corrected chi connectivity index (χ3v) is 9.55. The molecule has 0 aromatic heterocycles. The zero-order valence-electron chi connectivity index (χ0n) is 10.0. The van der Waals surface area contributed by atoms with Gasteiger partial charge in [0.15, 0.2) is 0 Å². The van der Waals surface area contributed by atoms with Crippen LogP contribution in [-0.4, -0.2) is 15.6 Å². The molecule has 4 fully saturated rings. The minimum absolute atomic E-state index is 0.692. The number of fused-ring (bicyclic) bond motifs is 1. The molecule has 1 saturated heterocycles. The minimum Gasteiger partial charge on any atom is -0.144 e. The molecule has 1 heterocycles. The van der Waals surface area contributed by atoms with Crippen molar-refractivity contribution >= 4 is 23.5 Å². The summed E-state index contributed by atoms with van der Waals surface area (Å²) in [5.41, 5.74) is 0.857. The lowest BCUT2D eigenvalue weighted by atomic mass is 9.48. The van der Waals surface area contributed by atoms with Crippen LogP contribution in [-0.2, 0) is 0 Å². The van der Waals surface area contributed by atoms with Gasteiger partial charge in [0, 0.05) is 0 Å². The van der Waals surface area contributed by atoms with Crippen LogP contribution in [0.3, 0.4) is 0 Å². The zero-order valence-corrected chi connectivity index (χ0v) is 11.7. The molecule has 0 N–H and O–H groups in total. The number of hydrogen-bond acceptors (Lipinski definition) is 2. The lowest BCUT2D eigenvalue weighted by molar-refractivity contribution is -0.0651. The van der Waals surface area contributed by atoms with Crippen LogP contribution < -0.4 is 0 Å². The largest absolute Gasteiger partial charge is 0.144 e. The monoisotopic (exact) mass is 254 g/mol. The second kappa shape index (κ2) is 3.60. The van der Waals surface area contributed by atoms with E-state index >= 15 is 0 Å². The highest BCUT2D eigenvalue weighted by atomic mass is 32.2. The average Bonchev–Trinajstić information content (AvgIpc) is 2.58. The highest BCUT2D eigenvalue weighted by molar-refractivity contribution is 8.18. The maximum Gasteiger partial charge on any atom is 0.0644 e. The Kier molecular flexibility index (Phi) is 2.39. The second-order valence-corrected chi connectivity index (χ2v) is 9.44. The molecule has 0 unspecified atom stereocenters.